The minimum Gasteiger partial charge on any atom is -0.331 e. The highest BCUT2D eigenvalue weighted by Crippen LogP contribution is 2.21. The molecule has 0 N–H and O–H groups in total. The molecule has 2 aromatic rings. The number of hydrogen-bond donors (Lipinski definition) is 0. The number of nitrogens with zero attached hydrogens (tertiary/aromatic N) is 1. The van der Waals surface area contributed by atoms with Crippen LogP contribution in [0.1, 0.15) is 23.1 Å². The van der Waals surface area contributed by atoms with Gasteiger partial charge in [0.05, 0.1) is 11.5 Å². The number of sulfone groups is 1. The number of hydrogen-bond acceptors (Lipinski definition) is 3. The average Bonchev–Trinajstić information content (AvgIpc) is 3.00. The molecule has 3 rings (SSSR count). The molecular formula is C21H22ClNO3S. The molecule has 0 saturated carbocycles. The molecule has 142 valence electrons. The van der Waals surface area contributed by atoms with Gasteiger partial charge in [-0.25, -0.2) is 8.42 Å². The lowest BCUT2D eigenvalue weighted by atomic mass is 10.1. The van der Waals surface area contributed by atoms with Crippen molar-refractivity contribution in [2.24, 2.45) is 0 Å². The van der Waals surface area contributed by atoms with E-state index >= 15 is 0 Å². The van der Waals surface area contributed by atoms with Crippen LogP contribution in [0.15, 0.2) is 54.6 Å². The fourth-order valence-corrected chi connectivity index (χ4v) is 4.99. The van der Waals surface area contributed by atoms with E-state index in [9.17, 15) is 13.2 Å². The van der Waals surface area contributed by atoms with Gasteiger partial charge in [-0.05, 0) is 42.7 Å². The van der Waals surface area contributed by atoms with Crippen molar-refractivity contribution in [3.8, 4) is 0 Å². The molecule has 1 amide bonds. The van der Waals surface area contributed by atoms with E-state index < -0.39 is 9.84 Å². The van der Waals surface area contributed by atoms with E-state index in [1.165, 1.54) is 6.08 Å². The average molecular weight is 404 g/mol. The lowest BCUT2D eigenvalue weighted by Crippen LogP contribution is -2.39. The maximum absolute atomic E-state index is 12.9. The van der Waals surface area contributed by atoms with Gasteiger partial charge in [0, 0.05) is 23.7 Å². The zero-order chi connectivity index (χ0) is 19.4. The van der Waals surface area contributed by atoms with Crippen LogP contribution < -0.4 is 0 Å². The molecular weight excluding hydrogens is 382 g/mol. The second-order valence-electron chi connectivity index (χ2n) is 6.89. The fraction of sp³-hybridized carbons (Fsp3) is 0.286. The minimum absolute atomic E-state index is 0.0186. The van der Waals surface area contributed by atoms with Crippen molar-refractivity contribution in [3.05, 3.63) is 76.3 Å². The third-order valence-corrected chi connectivity index (χ3v) is 6.70. The lowest BCUT2D eigenvalue weighted by molar-refractivity contribution is -0.128. The van der Waals surface area contributed by atoms with Gasteiger partial charge >= 0.3 is 0 Å². The SMILES string of the molecule is Cc1ccc(/C=C/C(=O)N(Cc2ccc(Cl)cc2)[C@@H]2CCS(=O)(=O)C2)cc1. The van der Waals surface area contributed by atoms with Crippen LogP contribution in [0, 0.1) is 6.92 Å². The molecule has 1 aliphatic heterocycles. The molecule has 2 aromatic carbocycles. The third-order valence-electron chi connectivity index (χ3n) is 4.69. The predicted octanol–water partition coefficient (Wildman–Crippen LogP) is 3.88. The van der Waals surface area contributed by atoms with Crippen LogP contribution in [-0.4, -0.2) is 36.8 Å². The number of benzene rings is 2. The normalized spacial score (nSPS) is 18.7. The van der Waals surface area contributed by atoms with Crippen molar-refractivity contribution in [3.63, 3.8) is 0 Å². The van der Waals surface area contributed by atoms with E-state index in [1.54, 1.807) is 23.1 Å². The molecule has 1 aliphatic rings. The van der Waals surface area contributed by atoms with Crippen LogP contribution in [0.3, 0.4) is 0 Å². The van der Waals surface area contributed by atoms with Crippen molar-refractivity contribution in [2.75, 3.05) is 11.5 Å². The van der Waals surface area contributed by atoms with Gasteiger partial charge in [-0.1, -0.05) is 53.6 Å². The summed E-state index contributed by atoms with van der Waals surface area (Å²) in [6.45, 7) is 2.36. The number of halogens is 1. The summed E-state index contributed by atoms with van der Waals surface area (Å²) >= 11 is 5.93. The Morgan fingerprint density at radius 1 is 1.15 bits per heavy atom. The van der Waals surface area contributed by atoms with Gasteiger partial charge in [-0.2, -0.15) is 0 Å². The van der Waals surface area contributed by atoms with Crippen molar-refractivity contribution in [2.45, 2.75) is 25.9 Å². The highest BCUT2D eigenvalue weighted by atomic mass is 35.5. The molecule has 0 unspecified atom stereocenters. The summed E-state index contributed by atoms with van der Waals surface area (Å²) in [5.74, 6) is -0.0401. The topological polar surface area (TPSA) is 54.5 Å². The first-order valence-corrected chi connectivity index (χ1v) is 11.0. The molecule has 1 saturated heterocycles. The van der Waals surface area contributed by atoms with Crippen LogP contribution in [0.2, 0.25) is 5.02 Å². The van der Waals surface area contributed by atoms with E-state index in [-0.39, 0.29) is 23.5 Å². The lowest BCUT2D eigenvalue weighted by Gasteiger charge is -2.27. The molecule has 1 heterocycles. The largest absolute Gasteiger partial charge is 0.331 e. The Bertz CT molecular complexity index is 934. The van der Waals surface area contributed by atoms with E-state index in [2.05, 4.69) is 0 Å². The first kappa shape index (κ1) is 19.6. The minimum atomic E-state index is -3.08. The number of rotatable bonds is 5. The van der Waals surface area contributed by atoms with Gasteiger partial charge in [-0.15, -0.1) is 0 Å². The second-order valence-corrected chi connectivity index (χ2v) is 9.56. The molecule has 0 spiro atoms. The Hall–Kier alpha value is -2.11. The molecule has 0 aliphatic carbocycles. The van der Waals surface area contributed by atoms with Crippen LogP contribution in [-0.2, 0) is 21.2 Å². The van der Waals surface area contributed by atoms with Gasteiger partial charge < -0.3 is 4.90 Å². The highest BCUT2D eigenvalue weighted by Gasteiger charge is 2.34. The summed E-state index contributed by atoms with van der Waals surface area (Å²) in [5.41, 5.74) is 3.00. The predicted molar refractivity (Wildman–Crippen MR) is 109 cm³/mol. The third kappa shape index (κ3) is 5.44. The van der Waals surface area contributed by atoms with E-state index in [0.29, 0.717) is 18.0 Å². The van der Waals surface area contributed by atoms with E-state index in [1.807, 2.05) is 43.3 Å². The number of carbonyl (C=O) groups excluding carboxylic acids is 1. The van der Waals surface area contributed by atoms with Gasteiger partial charge in [0.1, 0.15) is 0 Å². The zero-order valence-corrected chi connectivity index (χ0v) is 16.7. The summed E-state index contributed by atoms with van der Waals surface area (Å²) in [4.78, 5) is 14.5. The molecule has 1 atom stereocenters. The van der Waals surface area contributed by atoms with Crippen LogP contribution in [0.5, 0.6) is 0 Å². The molecule has 0 aromatic heterocycles. The second kappa shape index (κ2) is 8.28. The Labute approximate surface area is 165 Å². The summed E-state index contributed by atoms with van der Waals surface area (Å²) in [6, 6.07) is 14.8. The first-order chi connectivity index (χ1) is 12.8. The number of carbonyl (C=O) groups is 1. The Balaban J connectivity index is 1.80. The van der Waals surface area contributed by atoms with E-state index in [4.69, 9.17) is 11.6 Å². The summed E-state index contributed by atoms with van der Waals surface area (Å²) < 4.78 is 23.8. The summed E-state index contributed by atoms with van der Waals surface area (Å²) in [7, 11) is -3.08. The summed E-state index contributed by atoms with van der Waals surface area (Å²) in [6.07, 6.45) is 3.76. The first-order valence-electron chi connectivity index (χ1n) is 8.83. The molecule has 0 radical (unpaired) electrons. The van der Waals surface area contributed by atoms with Crippen molar-refractivity contribution < 1.29 is 13.2 Å². The van der Waals surface area contributed by atoms with Crippen molar-refractivity contribution in [1.82, 2.24) is 4.90 Å². The summed E-state index contributed by atoms with van der Waals surface area (Å²) in [5, 5.41) is 0.624. The Morgan fingerprint density at radius 2 is 1.81 bits per heavy atom. The van der Waals surface area contributed by atoms with E-state index in [0.717, 1.165) is 16.7 Å². The standard InChI is InChI=1S/C21H22ClNO3S/c1-16-2-4-17(5-3-16)8-11-21(24)23(20-12-13-27(25,26)15-20)14-18-6-9-19(22)10-7-18/h2-11,20H,12-15H2,1H3/b11-8+/t20-/m1/s1. The van der Waals surface area contributed by atoms with Crippen LogP contribution in [0.25, 0.3) is 6.08 Å². The highest BCUT2D eigenvalue weighted by molar-refractivity contribution is 7.91. The molecule has 27 heavy (non-hydrogen) atoms. The molecule has 0 bridgehead atoms. The zero-order valence-electron chi connectivity index (χ0n) is 15.1. The number of aryl methyl sites for hydroxylation is 1. The molecule has 6 heteroatoms. The maximum atomic E-state index is 12.9. The van der Waals surface area contributed by atoms with Gasteiger partial charge in [0.25, 0.3) is 0 Å². The molecule has 4 nitrogen and oxygen atoms in total. The van der Waals surface area contributed by atoms with Gasteiger partial charge in [0.15, 0.2) is 9.84 Å². The van der Waals surface area contributed by atoms with Crippen LogP contribution in [0.4, 0.5) is 0 Å². The van der Waals surface area contributed by atoms with Gasteiger partial charge in [0.2, 0.25) is 5.91 Å². The fourth-order valence-electron chi connectivity index (χ4n) is 3.14. The Morgan fingerprint density at radius 3 is 2.41 bits per heavy atom. The molecule has 1 fully saturated rings. The maximum Gasteiger partial charge on any atom is 0.247 e. The number of amides is 1. The van der Waals surface area contributed by atoms with Crippen molar-refractivity contribution >= 4 is 33.4 Å². The monoisotopic (exact) mass is 403 g/mol. The van der Waals surface area contributed by atoms with Crippen molar-refractivity contribution in [1.29, 1.82) is 0 Å². The van der Waals surface area contributed by atoms with Gasteiger partial charge in [-0.3, -0.25) is 4.79 Å². The van der Waals surface area contributed by atoms with Crippen LogP contribution >= 0.6 is 11.6 Å². The smallest absolute Gasteiger partial charge is 0.247 e. The quantitative estimate of drug-likeness (QED) is 0.712. The Kier molecular flexibility index (Phi) is 6.02.